The monoisotopic (exact) mass is 395 g/mol. The third-order valence-electron chi connectivity index (χ3n) is 4.63. The molecule has 140 valence electrons. The van der Waals surface area contributed by atoms with E-state index in [2.05, 4.69) is 10.2 Å². The molecule has 1 aliphatic rings. The van der Waals surface area contributed by atoms with Crippen LogP contribution < -0.4 is 9.47 Å². The van der Waals surface area contributed by atoms with Crippen LogP contribution in [0.1, 0.15) is 15.9 Å². The van der Waals surface area contributed by atoms with E-state index in [0.29, 0.717) is 22.3 Å². The van der Waals surface area contributed by atoms with Crippen molar-refractivity contribution in [1.29, 1.82) is 0 Å². The van der Waals surface area contributed by atoms with Crippen LogP contribution >= 0.6 is 11.8 Å². The van der Waals surface area contributed by atoms with E-state index >= 15 is 0 Å². The number of fused-ring (bicyclic) bond motifs is 4. The largest absolute Gasteiger partial charge is 0.454 e. The third kappa shape index (κ3) is 2.68. The first-order chi connectivity index (χ1) is 13.6. The van der Waals surface area contributed by atoms with Crippen molar-refractivity contribution in [3.05, 3.63) is 59.4 Å². The van der Waals surface area contributed by atoms with E-state index < -0.39 is 5.82 Å². The summed E-state index contributed by atoms with van der Waals surface area (Å²) in [6.45, 7) is 2.14. The van der Waals surface area contributed by atoms with Crippen molar-refractivity contribution in [3.63, 3.8) is 0 Å². The van der Waals surface area contributed by atoms with E-state index in [9.17, 15) is 9.18 Å². The van der Waals surface area contributed by atoms with Crippen molar-refractivity contribution in [3.8, 4) is 11.5 Å². The number of Topliss-reactive ketones (excluding diaryl/α,β-unsaturated/α-hetero) is 1. The maximum atomic E-state index is 13.9. The Labute approximate surface area is 163 Å². The number of thioether (sulfide) groups is 1. The number of aryl methyl sites for hydroxylation is 1. The lowest BCUT2D eigenvalue weighted by Crippen LogP contribution is -2.05. The van der Waals surface area contributed by atoms with Gasteiger partial charge in [0.15, 0.2) is 28.1 Å². The zero-order chi connectivity index (χ0) is 19.3. The Morgan fingerprint density at radius 3 is 2.79 bits per heavy atom. The molecule has 2 aromatic heterocycles. The quantitative estimate of drug-likeness (QED) is 0.384. The number of aromatic nitrogens is 3. The molecule has 1 aliphatic heterocycles. The van der Waals surface area contributed by atoms with Crippen molar-refractivity contribution in [2.24, 2.45) is 0 Å². The molecular formula is C20H14FN3O3S. The van der Waals surface area contributed by atoms with Crippen LogP contribution in [-0.4, -0.2) is 32.9 Å². The van der Waals surface area contributed by atoms with E-state index in [-0.39, 0.29) is 23.9 Å². The van der Waals surface area contributed by atoms with Gasteiger partial charge in [-0.3, -0.25) is 9.20 Å². The molecule has 0 fully saturated rings. The summed E-state index contributed by atoms with van der Waals surface area (Å²) in [5.41, 5.74) is 2.59. The van der Waals surface area contributed by atoms with Crippen molar-refractivity contribution in [2.75, 3.05) is 12.5 Å². The normalized spacial score (nSPS) is 12.8. The summed E-state index contributed by atoms with van der Waals surface area (Å²) in [5, 5.41) is 10.0. The summed E-state index contributed by atoms with van der Waals surface area (Å²) < 4.78 is 26.7. The highest BCUT2D eigenvalue weighted by atomic mass is 32.2. The zero-order valence-corrected chi connectivity index (χ0v) is 15.6. The molecule has 4 aromatic rings. The van der Waals surface area contributed by atoms with Gasteiger partial charge in [0.1, 0.15) is 5.82 Å². The number of rotatable bonds is 4. The maximum absolute atomic E-state index is 13.9. The highest BCUT2D eigenvalue weighted by Gasteiger charge is 2.20. The van der Waals surface area contributed by atoms with Crippen molar-refractivity contribution >= 4 is 34.1 Å². The Morgan fingerprint density at radius 1 is 1.18 bits per heavy atom. The van der Waals surface area contributed by atoms with Gasteiger partial charge < -0.3 is 9.47 Å². The minimum absolute atomic E-state index is 0.0573. The number of hydrogen-bond acceptors (Lipinski definition) is 6. The number of nitrogens with zero attached hydrogens (tertiary/aromatic N) is 3. The average Bonchev–Trinajstić information content (AvgIpc) is 3.32. The van der Waals surface area contributed by atoms with E-state index in [1.165, 1.54) is 23.9 Å². The lowest BCUT2D eigenvalue weighted by Gasteiger charge is -2.08. The number of ketones is 1. The zero-order valence-electron chi connectivity index (χ0n) is 14.8. The van der Waals surface area contributed by atoms with Gasteiger partial charge in [-0.2, -0.15) is 0 Å². The molecule has 6 nitrogen and oxygen atoms in total. The summed E-state index contributed by atoms with van der Waals surface area (Å²) >= 11 is 1.23. The number of carbonyl (C=O) groups is 1. The Hall–Kier alpha value is -3.13. The number of hydrogen-bond donors (Lipinski definition) is 0. The van der Waals surface area contributed by atoms with Gasteiger partial charge in [-0.15, -0.1) is 10.2 Å². The standard InChI is InChI=1S/C20H14FN3O3S/c1-11-6-12-7-17-18(27-10-26-17)8-15(12)24-19(11)22-23-20(24)28-9-16(25)13-4-2-3-5-14(13)21/h2-8H,9-10H2,1H3. The Morgan fingerprint density at radius 2 is 1.96 bits per heavy atom. The van der Waals surface area contributed by atoms with Crippen LogP contribution in [0.4, 0.5) is 4.39 Å². The van der Waals surface area contributed by atoms with Crippen molar-refractivity contribution < 1.29 is 18.7 Å². The summed E-state index contributed by atoms with van der Waals surface area (Å²) in [7, 11) is 0. The van der Waals surface area contributed by atoms with E-state index in [1.807, 2.05) is 29.5 Å². The molecule has 0 radical (unpaired) electrons. The second kappa shape index (κ2) is 6.49. The van der Waals surface area contributed by atoms with Gasteiger partial charge in [-0.05, 0) is 36.8 Å². The molecule has 0 amide bonds. The fourth-order valence-electron chi connectivity index (χ4n) is 3.29. The molecule has 0 N–H and O–H groups in total. The summed E-state index contributed by atoms with van der Waals surface area (Å²) in [4.78, 5) is 12.4. The van der Waals surface area contributed by atoms with Crippen LogP contribution in [0, 0.1) is 12.7 Å². The van der Waals surface area contributed by atoms with Crippen LogP contribution in [0.15, 0.2) is 47.6 Å². The fraction of sp³-hybridized carbons (Fsp3) is 0.150. The van der Waals surface area contributed by atoms with Gasteiger partial charge in [0.25, 0.3) is 0 Å². The van der Waals surface area contributed by atoms with Gasteiger partial charge in [0.2, 0.25) is 6.79 Å². The summed E-state index contributed by atoms with van der Waals surface area (Å²) in [6, 6.07) is 11.8. The molecule has 0 spiro atoms. The first kappa shape index (κ1) is 17.0. The summed E-state index contributed by atoms with van der Waals surface area (Å²) in [5.74, 6) is 0.595. The summed E-state index contributed by atoms with van der Waals surface area (Å²) in [6.07, 6.45) is 0. The molecule has 0 saturated heterocycles. The second-order valence-electron chi connectivity index (χ2n) is 6.42. The number of benzene rings is 2. The van der Waals surface area contributed by atoms with Gasteiger partial charge >= 0.3 is 0 Å². The van der Waals surface area contributed by atoms with Crippen LogP contribution in [0.2, 0.25) is 0 Å². The van der Waals surface area contributed by atoms with Crippen LogP contribution in [0.5, 0.6) is 11.5 Å². The Balaban J connectivity index is 1.56. The molecule has 0 saturated carbocycles. The Bertz CT molecular complexity index is 1250. The topological polar surface area (TPSA) is 65.7 Å². The SMILES string of the molecule is Cc1cc2cc3c(cc2n2c(SCC(=O)c4ccccc4F)nnc12)OCO3. The highest BCUT2D eigenvalue weighted by Crippen LogP contribution is 2.37. The molecular weight excluding hydrogens is 381 g/mol. The lowest BCUT2D eigenvalue weighted by atomic mass is 10.1. The maximum Gasteiger partial charge on any atom is 0.231 e. The van der Waals surface area contributed by atoms with E-state index in [4.69, 9.17) is 9.47 Å². The lowest BCUT2D eigenvalue weighted by molar-refractivity contribution is 0.101. The number of halogens is 1. The molecule has 8 heteroatoms. The molecule has 0 unspecified atom stereocenters. The van der Waals surface area contributed by atoms with Gasteiger partial charge in [-0.25, -0.2) is 4.39 Å². The molecule has 28 heavy (non-hydrogen) atoms. The first-order valence-electron chi connectivity index (χ1n) is 8.60. The third-order valence-corrected chi connectivity index (χ3v) is 5.56. The van der Waals surface area contributed by atoms with Gasteiger partial charge in [0, 0.05) is 11.5 Å². The molecule has 3 heterocycles. The molecule has 0 atom stereocenters. The number of pyridine rings is 1. The van der Waals surface area contributed by atoms with Crippen LogP contribution in [-0.2, 0) is 0 Å². The van der Waals surface area contributed by atoms with Crippen LogP contribution in [0.25, 0.3) is 16.6 Å². The molecule has 0 aliphatic carbocycles. The van der Waals surface area contributed by atoms with E-state index in [1.54, 1.807) is 12.1 Å². The molecule has 5 rings (SSSR count). The average molecular weight is 395 g/mol. The minimum atomic E-state index is -0.520. The number of ether oxygens (including phenoxy) is 2. The predicted molar refractivity (Wildman–Crippen MR) is 103 cm³/mol. The Kier molecular flexibility index (Phi) is 3.94. The fourth-order valence-corrected chi connectivity index (χ4v) is 4.11. The van der Waals surface area contributed by atoms with Gasteiger partial charge in [-0.1, -0.05) is 23.9 Å². The van der Waals surface area contributed by atoms with Crippen molar-refractivity contribution in [1.82, 2.24) is 14.6 Å². The highest BCUT2D eigenvalue weighted by molar-refractivity contribution is 7.99. The molecule has 2 aromatic carbocycles. The second-order valence-corrected chi connectivity index (χ2v) is 7.37. The number of carbonyl (C=O) groups excluding carboxylic acids is 1. The van der Waals surface area contributed by atoms with E-state index in [0.717, 1.165) is 16.5 Å². The van der Waals surface area contributed by atoms with Crippen LogP contribution in [0.3, 0.4) is 0 Å². The predicted octanol–water partition coefficient (Wildman–Crippen LogP) is 4.03. The first-order valence-corrected chi connectivity index (χ1v) is 9.59. The van der Waals surface area contributed by atoms with Gasteiger partial charge in [0.05, 0.1) is 16.8 Å². The molecule has 0 bridgehead atoms. The minimum Gasteiger partial charge on any atom is -0.454 e. The smallest absolute Gasteiger partial charge is 0.231 e. The van der Waals surface area contributed by atoms with Crippen molar-refractivity contribution in [2.45, 2.75) is 12.1 Å².